The second-order valence-electron chi connectivity index (χ2n) is 9.65. The number of hydrogen-bond acceptors (Lipinski definition) is 3. The molecule has 1 saturated carbocycles. The SMILES string of the molecule is CC(C)(C)OC(=O)N1CC2(CC(N(CC(F)(F)F)C(=O)Nc3cccc(C(F)(F)F)c3)C2)C1. The first-order chi connectivity index (χ1) is 15.0. The molecule has 1 aromatic rings. The van der Waals surface area contributed by atoms with Crippen molar-refractivity contribution in [2.45, 2.75) is 57.6 Å². The van der Waals surface area contributed by atoms with Crippen LogP contribution >= 0.6 is 0 Å². The van der Waals surface area contributed by atoms with Crippen LogP contribution in [0.3, 0.4) is 0 Å². The van der Waals surface area contributed by atoms with Crippen molar-refractivity contribution < 1.29 is 40.7 Å². The standard InChI is InChI=1S/C21H25F6N3O3/c1-18(2,3)33-17(32)29-10-19(11-29)8-15(9-19)30(12-20(22,23)24)16(31)28-14-6-4-5-13(7-14)21(25,26)27/h4-7,15H,8-12H2,1-3H3,(H,28,31). The summed E-state index contributed by atoms with van der Waals surface area (Å²) < 4.78 is 83.3. The molecule has 0 bridgehead atoms. The minimum Gasteiger partial charge on any atom is -0.444 e. The quantitative estimate of drug-likeness (QED) is 0.580. The lowest BCUT2D eigenvalue weighted by Crippen LogP contribution is -2.69. The van der Waals surface area contributed by atoms with Crippen molar-refractivity contribution in [1.82, 2.24) is 9.80 Å². The fraction of sp³-hybridized carbons (Fsp3) is 0.619. The molecule has 6 nitrogen and oxygen atoms in total. The van der Waals surface area contributed by atoms with Crippen LogP contribution in [0.2, 0.25) is 0 Å². The molecule has 2 fully saturated rings. The maximum absolute atomic E-state index is 13.1. The van der Waals surface area contributed by atoms with Gasteiger partial charge < -0.3 is 19.9 Å². The number of hydrogen-bond donors (Lipinski definition) is 1. The van der Waals surface area contributed by atoms with E-state index >= 15 is 0 Å². The molecule has 33 heavy (non-hydrogen) atoms. The van der Waals surface area contributed by atoms with E-state index in [0.29, 0.717) is 24.1 Å². The van der Waals surface area contributed by atoms with Crippen molar-refractivity contribution in [3.8, 4) is 0 Å². The third-order valence-electron chi connectivity index (χ3n) is 5.53. The van der Waals surface area contributed by atoms with E-state index in [1.54, 1.807) is 20.8 Å². The number of amides is 3. The van der Waals surface area contributed by atoms with Crippen LogP contribution in [0.1, 0.15) is 39.2 Å². The summed E-state index contributed by atoms with van der Waals surface area (Å²) in [5.74, 6) is 0. The summed E-state index contributed by atoms with van der Waals surface area (Å²) in [5, 5.41) is 2.14. The molecule has 1 heterocycles. The van der Waals surface area contributed by atoms with Gasteiger partial charge in [0, 0.05) is 30.2 Å². The van der Waals surface area contributed by atoms with E-state index in [1.807, 2.05) is 0 Å². The van der Waals surface area contributed by atoms with E-state index in [0.717, 1.165) is 12.1 Å². The summed E-state index contributed by atoms with van der Waals surface area (Å²) in [6.45, 7) is 4.25. The van der Waals surface area contributed by atoms with Crippen LogP contribution in [-0.2, 0) is 10.9 Å². The topological polar surface area (TPSA) is 61.9 Å². The van der Waals surface area contributed by atoms with Gasteiger partial charge in [-0.15, -0.1) is 0 Å². The van der Waals surface area contributed by atoms with E-state index in [4.69, 9.17) is 4.74 Å². The Morgan fingerprint density at radius 1 is 1.12 bits per heavy atom. The molecule has 1 saturated heterocycles. The molecule has 0 unspecified atom stereocenters. The molecule has 1 aliphatic carbocycles. The van der Waals surface area contributed by atoms with Crippen LogP contribution in [0.5, 0.6) is 0 Å². The number of rotatable bonds is 3. The van der Waals surface area contributed by atoms with E-state index in [2.05, 4.69) is 5.32 Å². The van der Waals surface area contributed by atoms with E-state index in [1.165, 1.54) is 11.0 Å². The molecule has 1 N–H and O–H groups in total. The summed E-state index contributed by atoms with van der Waals surface area (Å²) in [6.07, 6.45) is -9.35. The number of carbonyl (C=O) groups is 2. The minimum absolute atomic E-state index is 0.248. The smallest absolute Gasteiger partial charge is 0.416 e. The number of ether oxygens (including phenoxy) is 1. The van der Waals surface area contributed by atoms with Crippen molar-refractivity contribution in [2.75, 3.05) is 25.0 Å². The maximum Gasteiger partial charge on any atom is 0.416 e. The Bertz CT molecular complexity index is 896. The highest BCUT2D eigenvalue weighted by Gasteiger charge is 2.57. The Balaban J connectivity index is 1.63. The zero-order chi connectivity index (χ0) is 24.8. The van der Waals surface area contributed by atoms with Crippen molar-refractivity contribution in [2.24, 2.45) is 5.41 Å². The number of anilines is 1. The largest absolute Gasteiger partial charge is 0.444 e. The van der Waals surface area contributed by atoms with Crippen LogP contribution in [0.4, 0.5) is 41.6 Å². The third-order valence-corrected chi connectivity index (χ3v) is 5.53. The van der Waals surface area contributed by atoms with Crippen LogP contribution < -0.4 is 5.32 Å². The van der Waals surface area contributed by atoms with Crippen LogP contribution in [0.25, 0.3) is 0 Å². The summed E-state index contributed by atoms with van der Waals surface area (Å²) in [4.78, 5) is 26.7. The number of urea groups is 1. The van der Waals surface area contributed by atoms with E-state index in [-0.39, 0.29) is 23.9 Å². The lowest BCUT2D eigenvalue weighted by atomic mass is 9.60. The summed E-state index contributed by atoms with van der Waals surface area (Å²) in [7, 11) is 0. The first-order valence-corrected chi connectivity index (χ1v) is 10.3. The number of alkyl halides is 6. The lowest BCUT2D eigenvalue weighted by Gasteiger charge is -2.60. The Labute approximate surface area is 186 Å². The number of nitrogens with zero attached hydrogens (tertiary/aromatic N) is 2. The van der Waals surface area contributed by atoms with Gasteiger partial charge in [0.1, 0.15) is 12.1 Å². The Morgan fingerprint density at radius 2 is 1.73 bits per heavy atom. The van der Waals surface area contributed by atoms with Crippen LogP contribution in [0.15, 0.2) is 24.3 Å². The average molecular weight is 481 g/mol. The second-order valence-corrected chi connectivity index (χ2v) is 9.65. The number of likely N-dealkylation sites (tertiary alicyclic amines) is 1. The van der Waals surface area contributed by atoms with Gasteiger partial charge >= 0.3 is 24.5 Å². The molecule has 1 aromatic carbocycles. The van der Waals surface area contributed by atoms with Crippen LogP contribution in [-0.4, -0.2) is 59.4 Å². The Morgan fingerprint density at radius 3 is 2.24 bits per heavy atom. The minimum atomic E-state index is -4.68. The van der Waals surface area contributed by atoms with Crippen molar-refractivity contribution >= 4 is 17.8 Å². The summed E-state index contributed by atoms with van der Waals surface area (Å²) in [6, 6.07) is 1.81. The number of nitrogens with one attached hydrogen (secondary N) is 1. The number of benzene rings is 1. The van der Waals surface area contributed by atoms with Gasteiger partial charge in [0.15, 0.2) is 0 Å². The van der Waals surface area contributed by atoms with Gasteiger partial charge in [-0.1, -0.05) is 6.07 Å². The molecule has 2 aliphatic rings. The maximum atomic E-state index is 13.1. The monoisotopic (exact) mass is 481 g/mol. The first-order valence-electron chi connectivity index (χ1n) is 10.3. The molecule has 12 heteroatoms. The van der Waals surface area contributed by atoms with Crippen molar-refractivity contribution in [3.63, 3.8) is 0 Å². The average Bonchev–Trinajstić information content (AvgIpc) is 2.55. The Kier molecular flexibility index (Phi) is 6.27. The normalized spacial score (nSPS) is 18.4. The van der Waals surface area contributed by atoms with Gasteiger partial charge in [-0.05, 0) is 51.8 Å². The van der Waals surface area contributed by atoms with Crippen molar-refractivity contribution in [3.05, 3.63) is 29.8 Å². The van der Waals surface area contributed by atoms with Crippen molar-refractivity contribution in [1.29, 1.82) is 0 Å². The van der Waals surface area contributed by atoms with Gasteiger partial charge in [-0.2, -0.15) is 26.3 Å². The number of halogens is 6. The third kappa shape index (κ3) is 6.23. The molecule has 0 radical (unpaired) electrons. The molecule has 0 aromatic heterocycles. The summed E-state index contributed by atoms with van der Waals surface area (Å²) >= 11 is 0. The van der Waals surface area contributed by atoms with E-state index < -0.39 is 48.2 Å². The van der Waals surface area contributed by atoms with E-state index in [9.17, 15) is 35.9 Å². The predicted molar refractivity (Wildman–Crippen MR) is 106 cm³/mol. The fourth-order valence-electron chi connectivity index (χ4n) is 4.17. The first kappa shape index (κ1) is 25.0. The Hall–Kier alpha value is -2.66. The molecule has 0 atom stereocenters. The molecule has 3 rings (SSSR count). The zero-order valence-corrected chi connectivity index (χ0v) is 18.3. The highest BCUT2D eigenvalue weighted by molar-refractivity contribution is 5.89. The molecule has 1 aliphatic heterocycles. The summed E-state index contributed by atoms with van der Waals surface area (Å²) in [5.41, 5.74) is -2.34. The molecular weight excluding hydrogens is 456 g/mol. The van der Waals surface area contributed by atoms with Gasteiger partial charge in [-0.3, -0.25) is 0 Å². The molecular formula is C21H25F6N3O3. The van der Waals surface area contributed by atoms with Gasteiger partial charge in [0.05, 0.1) is 5.56 Å². The molecule has 1 spiro atoms. The molecule has 184 valence electrons. The fourth-order valence-corrected chi connectivity index (χ4v) is 4.17. The second kappa shape index (κ2) is 8.28. The van der Waals surface area contributed by atoms with Gasteiger partial charge in [0.2, 0.25) is 0 Å². The van der Waals surface area contributed by atoms with Gasteiger partial charge in [-0.25, -0.2) is 9.59 Å². The lowest BCUT2D eigenvalue weighted by molar-refractivity contribution is -0.160. The highest BCUT2D eigenvalue weighted by atomic mass is 19.4. The highest BCUT2D eigenvalue weighted by Crippen LogP contribution is 2.51. The predicted octanol–water partition coefficient (Wildman–Crippen LogP) is 5.50. The molecule has 3 amide bonds. The van der Waals surface area contributed by atoms with Gasteiger partial charge in [0.25, 0.3) is 0 Å². The van der Waals surface area contributed by atoms with Crippen LogP contribution in [0, 0.1) is 5.41 Å². The number of carbonyl (C=O) groups excluding carboxylic acids is 2. The zero-order valence-electron chi connectivity index (χ0n) is 18.3.